The van der Waals surface area contributed by atoms with E-state index in [2.05, 4.69) is 5.32 Å². The van der Waals surface area contributed by atoms with Crippen LogP contribution in [0.3, 0.4) is 0 Å². The van der Waals surface area contributed by atoms with Gasteiger partial charge in [-0.15, -0.1) is 0 Å². The lowest BCUT2D eigenvalue weighted by molar-refractivity contribution is -0.384. The van der Waals surface area contributed by atoms with E-state index in [0.717, 1.165) is 25.1 Å². The van der Waals surface area contributed by atoms with E-state index < -0.39 is 0 Å². The molecular weight excluding hydrogens is 232 g/mol. The maximum atomic E-state index is 10.6. The van der Waals surface area contributed by atoms with E-state index in [9.17, 15) is 10.1 Å². The lowest BCUT2D eigenvalue weighted by Crippen LogP contribution is -2.17. The SMILES string of the molecule is CC(C)OCCCNCc1cccc([N+](=O)[O-])c1. The Balaban J connectivity index is 2.23. The van der Waals surface area contributed by atoms with Crippen LogP contribution in [-0.4, -0.2) is 24.2 Å². The maximum Gasteiger partial charge on any atom is 0.269 e. The second kappa shape index (κ2) is 7.79. The fourth-order valence-electron chi connectivity index (χ4n) is 1.53. The van der Waals surface area contributed by atoms with Gasteiger partial charge in [0.2, 0.25) is 0 Å². The van der Waals surface area contributed by atoms with Gasteiger partial charge >= 0.3 is 0 Å². The first-order chi connectivity index (χ1) is 8.59. The van der Waals surface area contributed by atoms with Gasteiger partial charge in [0.15, 0.2) is 0 Å². The van der Waals surface area contributed by atoms with Crippen molar-refractivity contribution >= 4 is 5.69 Å². The van der Waals surface area contributed by atoms with Crippen molar-refractivity contribution in [2.45, 2.75) is 32.9 Å². The highest BCUT2D eigenvalue weighted by atomic mass is 16.6. The lowest BCUT2D eigenvalue weighted by Gasteiger charge is -2.08. The summed E-state index contributed by atoms with van der Waals surface area (Å²) >= 11 is 0. The Hall–Kier alpha value is -1.46. The van der Waals surface area contributed by atoms with E-state index in [0.29, 0.717) is 6.54 Å². The molecule has 1 aromatic rings. The van der Waals surface area contributed by atoms with Crippen molar-refractivity contribution in [3.05, 3.63) is 39.9 Å². The Bertz CT molecular complexity index is 380. The topological polar surface area (TPSA) is 64.4 Å². The smallest absolute Gasteiger partial charge is 0.269 e. The minimum Gasteiger partial charge on any atom is -0.379 e. The summed E-state index contributed by atoms with van der Waals surface area (Å²) in [6, 6.07) is 6.68. The number of nitro benzene ring substituents is 1. The summed E-state index contributed by atoms with van der Waals surface area (Å²) in [6.45, 7) is 6.24. The van der Waals surface area contributed by atoms with Crippen LogP contribution in [0, 0.1) is 10.1 Å². The third kappa shape index (κ3) is 5.75. The highest BCUT2D eigenvalue weighted by Crippen LogP contribution is 2.12. The molecule has 0 radical (unpaired) electrons. The van der Waals surface area contributed by atoms with Crippen LogP contribution in [0.4, 0.5) is 5.69 Å². The summed E-state index contributed by atoms with van der Waals surface area (Å²) < 4.78 is 5.42. The molecule has 0 heterocycles. The van der Waals surface area contributed by atoms with Gasteiger partial charge in [0.1, 0.15) is 0 Å². The molecule has 0 aromatic heterocycles. The van der Waals surface area contributed by atoms with Gasteiger partial charge in [0.25, 0.3) is 5.69 Å². The van der Waals surface area contributed by atoms with Gasteiger partial charge in [-0.05, 0) is 32.4 Å². The van der Waals surface area contributed by atoms with Gasteiger partial charge in [-0.3, -0.25) is 10.1 Å². The summed E-state index contributed by atoms with van der Waals surface area (Å²) in [4.78, 5) is 10.2. The molecule has 100 valence electrons. The van der Waals surface area contributed by atoms with E-state index in [1.165, 1.54) is 6.07 Å². The van der Waals surface area contributed by atoms with Gasteiger partial charge in [-0.1, -0.05) is 12.1 Å². The van der Waals surface area contributed by atoms with Crippen molar-refractivity contribution in [3.8, 4) is 0 Å². The molecule has 1 aromatic carbocycles. The number of hydrogen-bond acceptors (Lipinski definition) is 4. The van der Waals surface area contributed by atoms with Crippen LogP contribution < -0.4 is 5.32 Å². The molecule has 0 saturated carbocycles. The van der Waals surface area contributed by atoms with Crippen LogP contribution in [0.5, 0.6) is 0 Å². The quantitative estimate of drug-likeness (QED) is 0.438. The Kier molecular flexibility index (Phi) is 6.32. The number of nitrogens with one attached hydrogen (secondary N) is 1. The molecule has 0 bridgehead atoms. The molecule has 1 rings (SSSR count). The standard InChI is InChI=1S/C13H20N2O3/c1-11(2)18-8-4-7-14-10-12-5-3-6-13(9-12)15(16)17/h3,5-6,9,11,14H,4,7-8,10H2,1-2H3. The molecule has 5 nitrogen and oxygen atoms in total. The molecule has 0 unspecified atom stereocenters. The highest BCUT2D eigenvalue weighted by Gasteiger charge is 2.04. The Morgan fingerprint density at radius 3 is 2.89 bits per heavy atom. The predicted octanol–water partition coefficient (Wildman–Crippen LogP) is 2.50. The fraction of sp³-hybridized carbons (Fsp3) is 0.538. The van der Waals surface area contributed by atoms with Crippen LogP contribution in [0.1, 0.15) is 25.8 Å². The van der Waals surface area contributed by atoms with Crippen molar-refractivity contribution in [2.24, 2.45) is 0 Å². The van der Waals surface area contributed by atoms with Crippen LogP contribution in [0.25, 0.3) is 0 Å². The average Bonchev–Trinajstić information content (AvgIpc) is 2.33. The fourth-order valence-corrected chi connectivity index (χ4v) is 1.53. The third-order valence-electron chi connectivity index (χ3n) is 2.40. The van der Waals surface area contributed by atoms with Gasteiger partial charge in [0.05, 0.1) is 11.0 Å². The van der Waals surface area contributed by atoms with E-state index in [1.54, 1.807) is 12.1 Å². The Morgan fingerprint density at radius 1 is 1.44 bits per heavy atom. The number of benzene rings is 1. The molecule has 5 heteroatoms. The molecule has 0 atom stereocenters. The average molecular weight is 252 g/mol. The zero-order valence-electron chi connectivity index (χ0n) is 10.9. The number of nitrogens with zero attached hydrogens (tertiary/aromatic N) is 1. The summed E-state index contributed by atoms with van der Waals surface area (Å²) in [6.07, 6.45) is 1.20. The second-order valence-corrected chi connectivity index (χ2v) is 4.38. The number of hydrogen-bond donors (Lipinski definition) is 1. The zero-order chi connectivity index (χ0) is 13.4. The van der Waals surface area contributed by atoms with Crippen molar-refractivity contribution in [2.75, 3.05) is 13.2 Å². The van der Waals surface area contributed by atoms with Crippen LogP contribution in [0.15, 0.2) is 24.3 Å². The maximum absolute atomic E-state index is 10.6. The van der Waals surface area contributed by atoms with E-state index in [4.69, 9.17) is 4.74 Å². The molecule has 0 spiro atoms. The normalized spacial score (nSPS) is 10.8. The molecule has 18 heavy (non-hydrogen) atoms. The second-order valence-electron chi connectivity index (χ2n) is 4.38. The van der Waals surface area contributed by atoms with Crippen LogP contribution in [0.2, 0.25) is 0 Å². The summed E-state index contributed by atoms with van der Waals surface area (Å²) in [5.41, 5.74) is 1.06. The molecule has 1 N–H and O–H groups in total. The Morgan fingerprint density at radius 2 is 2.22 bits per heavy atom. The van der Waals surface area contributed by atoms with Gasteiger partial charge < -0.3 is 10.1 Å². The lowest BCUT2D eigenvalue weighted by atomic mass is 10.2. The number of nitro groups is 1. The van der Waals surface area contributed by atoms with Gasteiger partial charge in [-0.25, -0.2) is 0 Å². The van der Waals surface area contributed by atoms with Crippen LogP contribution in [-0.2, 0) is 11.3 Å². The number of non-ortho nitro benzene ring substituents is 1. The highest BCUT2D eigenvalue weighted by molar-refractivity contribution is 5.34. The molecule has 0 aliphatic rings. The Labute approximate surface area is 107 Å². The van der Waals surface area contributed by atoms with E-state index >= 15 is 0 Å². The van der Waals surface area contributed by atoms with E-state index in [-0.39, 0.29) is 16.7 Å². The van der Waals surface area contributed by atoms with E-state index in [1.807, 2.05) is 19.9 Å². The minimum atomic E-state index is -0.375. The summed E-state index contributed by atoms with van der Waals surface area (Å²) in [7, 11) is 0. The molecular formula is C13H20N2O3. The first kappa shape index (κ1) is 14.6. The molecule has 0 fully saturated rings. The molecule has 0 amide bonds. The van der Waals surface area contributed by atoms with Crippen molar-refractivity contribution in [1.82, 2.24) is 5.32 Å². The van der Waals surface area contributed by atoms with Crippen LogP contribution >= 0.6 is 0 Å². The molecule has 0 aliphatic carbocycles. The largest absolute Gasteiger partial charge is 0.379 e. The minimum absolute atomic E-state index is 0.137. The summed E-state index contributed by atoms with van der Waals surface area (Å²) in [5.74, 6) is 0. The number of ether oxygens (including phenoxy) is 1. The first-order valence-corrected chi connectivity index (χ1v) is 6.15. The monoisotopic (exact) mass is 252 g/mol. The predicted molar refractivity (Wildman–Crippen MR) is 70.5 cm³/mol. The first-order valence-electron chi connectivity index (χ1n) is 6.15. The third-order valence-corrected chi connectivity index (χ3v) is 2.40. The summed E-state index contributed by atoms with van der Waals surface area (Å²) in [5, 5.41) is 13.8. The number of rotatable bonds is 8. The zero-order valence-corrected chi connectivity index (χ0v) is 10.9. The van der Waals surface area contributed by atoms with Gasteiger partial charge in [-0.2, -0.15) is 0 Å². The molecule has 0 aliphatic heterocycles. The molecule has 0 saturated heterocycles. The van der Waals surface area contributed by atoms with Gasteiger partial charge in [0, 0.05) is 25.3 Å². The van der Waals surface area contributed by atoms with Crippen molar-refractivity contribution in [1.29, 1.82) is 0 Å². The van der Waals surface area contributed by atoms with Crippen molar-refractivity contribution in [3.63, 3.8) is 0 Å². The van der Waals surface area contributed by atoms with Crippen molar-refractivity contribution < 1.29 is 9.66 Å².